The summed E-state index contributed by atoms with van der Waals surface area (Å²) >= 11 is 0. The SMILES string of the molecule is Cl.Cl.O=C1CCc2cccnc2N1. The maximum absolute atomic E-state index is 10.9. The molecule has 0 unspecified atom stereocenters. The fourth-order valence-corrected chi connectivity index (χ4v) is 1.20. The lowest BCUT2D eigenvalue weighted by molar-refractivity contribution is -0.116. The minimum atomic E-state index is 0. The van der Waals surface area contributed by atoms with Crippen LogP contribution in [0, 0.1) is 0 Å². The molecule has 2 heterocycles. The summed E-state index contributed by atoms with van der Waals surface area (Å²) in [6.45, 7) is 0. The summed E-state index contributed by atoms with van der Waals surface area (Å²) in [7, 11) is 0. The van der Waals surface area contributed by atoms with Crippen LogP contribution in [0.15, 0.2) is 18.3 Å². The molecule has 2 rings (SSSR count). The molecule has 0 aliphatic carbocycles. The number of rotatable bonds is 0. The first-order valence-electron chi connectivity index (χ1n) is 3.60. The zero-order valence-electron chi connectivity index (χ0n) is 6.82. The van der Waals surface area contributed by atoms with E-state index in [0.717, 1.165) is 17.8 Å². The summed E-state index contributed by atoms with van der Waals surface area (Å²) in [4.78, 5) is 14.9. The number of aryl methyl sites for hydroxylation is 1. The molecule has 1 aliphatic heterocycles. The molecular weight excluding hydrogens is 211 g/mol. The van der Waals surface area contributed by atoms with E-state index in [4.69, 9.17) is 0 Å². The maximum Gasteiger partial charge on any atom is 0.225 e. The summed E-state index contributed by atoms with van der Waals surface area (Å²) in [5, 5.41) is 2.71. The van der Waals surface area contributed by atoms with Crippen molar-refractivity contribution in [2.24, 2.45) is 0 Å². The van der Waals surface area contributed by atoms with Crippen LogP contribution in [0.3, 0.4) is 0 Å². The van der Waals surface area contributed by atoms with Gasteiger partial charge in [0.2, 0.25) is 5.91 Å². The number of pyridine rings is 1. The number of nitrogens with one attached hydrogen (secondary N) is 1. The van der Waals surface area contributed by atoms with E-state index in [9.17, 15) is 4.79 Å². The van der Waals surface area contributed by atoms with E-state index >= 15 is 0 Å². The third kappa shape index (κ3) is 2.57. The van der Waals surface area contributed by atoms with Crippen LogP contribution >= 0.6 is 24.8 Å². The Morgan fingerprint density at radius 1 is 1.31 bits per heavy atom. The van der Waals surface area contributed by atoms with E-state index in [-0.39, 0.29) is 30.7 Å². The molecule has 0 radical (unpaired) electrons. The molecule has 0 spiro atoms. The predicted octanol–water partition coefficient (Wildman–Crippen LogP) is 1.81. The first-order chi connectivity index (χ1) is 5.36. The van der Waals surface area contributed by atoms with Crippen molar-refractivity contribution >= 4 is 36.5 Å². The smallest absolute Gasteiger partial charge is 0.225 e. The van der Waals surface area contributed by atoms with Gasteiger partial charge in [-0.15, -0.1) is 24.8 Å². The highest BCUT2D eigenvalue weighted by Crippen LogP contribution is 2.17. The first-order valence-corrected chi connectivity index (χ1v) is 3.60. The monoisotopic (exact) mass is 220 g/mol. The Balaban J connectivity index is 0.000000720. The van der Waals surface area contributed by atoms with Gasteiger partial charge in [0, 0.05) is 12.6 Å². The standard InChI is InChI=1S/C8H8N2O.2ClH/c11-7-4-3-6-2-1-5-9-8(6)10-7;;/h1-2,5H,3-4H2,(H,9,10,11);2*1H. The summed E-state index contributed by atoms with van der Waals surface area (Å²) < 4.78 is 0. The van der Waals surface area contributed by atoms with Crippen molar-refractivity contribution < 1.29 is 4.79 Å². The van der Waals surface area contributed by atoms with Crippen molar-refractivity contribution in [2.45, 2.75) is 12.8 Å². The number of fused-ring (bicyclic) bond motifs is 1. The van der Waals surface area contributed by atoms with Gasteiger partial charge in [0.15, 0.2) is 0 Å². The van der Waals surface area contributed by atoms with Gasteiger partial charge in [-0.05, 0) is 18.1 Å². The fraction of sp³-hybridized carbons (Fsp3) is 0.250. The quantitative estimate of drug-likeness (QED) is 0.725. The van der Waals surface area contributed by atoms with Crippen molar-refractivity contribution in [1.82, 2.24) is 4.98 Å². The Labute approximate surface area is 88.8 Å². The van der Waals surface area contributed by atoms with Gasteiger partial charge in [0.05, 0.1) is 0 Å². The van der Waals surface area contributed by atoms with Gasteiger partial charge in [-0.3, -0.25) is 4.79 Å². The average Bonchev–Trinajstić information content (AvgIpc) is 2.04. The molecule has 3 nitrogen and oxygen atoms in total. The van der Waals surface area contributed by atoms with Gasteiger partial charge < -0.3 is 5.32 Å². The van der Waals surface area contributed by atoms with Crippen molar-refractivity contribution in [3.63, 3.8) is 0 Å². The highest BCUT2D eigenvalue weighted by atomic mass is 35.5. The summed E-state index contributed by atoms with van der Waals surface area (Å²) in [5.74, 6) is 0.792. The number of amides is 1. The van der Waals surface area contributed by atoms with E-state index in [0.29, 0.717) is 6.42 Å². The third-order valence-electron chi connectivity index (χ3n) is 1.77. The first kappa shape index (κ1) is 12.2. The summed E-state index contributed by atoms with van der Waals surface area (Å²) in [6, 6.07) is 3.87. The number of nitrogens with zero attached hydrogens (tertiary/aromatic N) is 1. The van der Waals surface area contributed by atoms with Crippen LogP contribution in [0.1, 0.15) is 12.0 Å². The van der Waals surface area contributed by atoms with Crippen LogP contribution < -0.4 is 5.32 Å². The van der Waals surface area contributed by atoms with Crippen molar-refractivity contribution in [3.05, 3.63) is 23.9 Å². The molecule has 1 N–H and O–H groups in total. The lowest BCUT2D eigenvalue weighted by atomic mass is 10.1. The van der Waals surface area contributed by atoms with Crippen LogP contribution in [0.5, 0.6) is 0 Å². The number of carbonyl (C=O) groups is 1. The molecule has 72 valence electrons. The van der Waals surface area contributed by atoms with Gasteiger partial charge in [-0.2, -0.15) is 0 Å². The largest absolute Gasteiger partial charge is 0.310 e. The Hall–Kier alpha value is -0.800. The second kappa shape index (κ2) is 5.04. The highest BCUT2D eigenvalue weighted by Gasteiger charge is 2.13. The molecule has 0 fully saturated rings. The van der Waals surface area contributed by atoms with Crippen molar-refractivity contribution in [3.8, 4) is 0 Å². The second-order valence-corrected chi connectivity index (χ2v) is 2.56. The van der Waals surface area contributed by atoms with E-state index in [1.54, 1.807) is 6.20 Å². The van der Waals surface area contributed by atoms with E-state index in [2.05, 4.69) is 10.3 Å². The van der Waals surface area contributed by atoms with Gasteiger partial charge in [-0.1, -0.05) is 6.07 Å². The Bertz CT molecular complexity index is 304. The number of aromatic nitrogens is 1. The highest BCUT2D eigenvalue weighted by molar-refractivity contribution is 5.92. The molecule has 1 aromatic rings. The number of hydrogen-bond acceptors (Lipinski definition) is 2. The lowest BCUT2D eigenvalue weighted by Crippen LogP contribution is -2.19. The number of hydrogen-bond donors (Lipinski definition) is 1. The number of carbonyl (C=O) groups excluding carboxylic acids is 1. The molecule has 0 saturated carbocycles. The fourth-order valence-electron chi connectivity index (χ4n) is 1.20. The van der Waals surface area contributed by atoms with E-state index in [1.165, 1.54) is 0 Å². The average molecular weight is 221 g/mol. The normalized spacial score (nSPS) is 13.1. The van der Waals surface area contributed by atoms with Crippen molar-refractivity contribution in [2.75, 3.05) is 5.32 Å². The molecule has 13 heavy (non-hydrogen) atoms. The Kier molecular flexibility index (Phi) is 4.73. The lowest BCUT2D eigenvalue weighted by Gasteiger charge is -2.13. The number of anilines is 1. The minimum absolute atomic E-state index is 0. The molecule has 1 aromatic heterocycles. The zero-order chi connectivity index (χ0) is 7.68. The Morgan fingerprint density at radius 2 is 2.08 bits per heavy atom. The summed E-state index contributed by atoms with van der Waals surface area (Å²) in [5.41, 5.74) is 1.13. The topological polar surface area (TPSA) is 42.0 Å². The van der Waals surface area contributed by atoms with Crippen LogP contribution in [-0.2, 0) is 11.2 Å². The maximum atomic E-state index is 10.9. The van der Waals surface area contributed by atoms with Gasteiger partial charge in [-0.25, -0.2) is 4.98 Å². The third-order valence-corrected chi connectivity index (χ3v) is 1.77. The van der Waals surface area contributed by atoms with Crippen LogP contribution in [-0.4, -0.2) is 10.9 Å². The number of halogens is 2. The summed E-state index contributed by atoms with van der Waals surface area (Å²) in [6.07, 6.45) is 3.08. The van der Waals surface area contributed by atoms with Crippen LogP contribution in [0.2, 0.25) is 0 Å². The molecular formula is C8H10Cl2N2O. The van der Waals surface area contributed by atoms with Crippen LogP contribution in [0.25, 0.3) is 0 Å². The zero-order valence-corrected chi connectivity index (χ0v) is 8.45. The molecule has 0 atom stereocenters. The molecule has 1 aliphatic rings. The minimum Gasteiger partial charge on any atom is -0.310 e. The van der Waals surface area contributed by atoms with E-state index in [1.807, 2.05) is 12.1 Å². The van der Waals surface area contributed by atoms with E-state index < -0.39 is 0 Å². The molecule has 5 heteroatoms. The molecule has 1 amide bonds. The van der Waals surface area contributed by atoms with Gasteiger partial charge >= 0.3 is 0 Å². The van der Waals surface area contributed by atoms with Gasteiger partial charge in [0.1, 0.15) is 5.82 Å². The van der Waals surface area contributed by atoms with Gasteiger partial charge in [0.25, 0.3) is 0 Å². The molecule has 0 aromatic carbocycles. The predicted molar refractivity (Wildman–Crippen MR) is 55.7 cm³/mol. The van der Waals surface area contributed by atoms with Crippen molar-refractivity contribution in [1.29, 1.82) is 0 Å². The second-order valence-electron chi connectivity index (χ2n) is 2.56. The molecule has 0 saturated heterocycles. The Morgan fingerprint density at radius 3 is 2.85 bits per heavy atom. The molecule has 0 bridgehead atoms. The van der Waals surface area contributed by atoms with Crippen LogP contribution in [0.4, 0.5) is 5.82 Å².